The van der Waals surface area contributed by atoms with E-state index in [-0.39, 0.29) is 5.91 Å². The highest BCUT2D eigenvalue weighted by atomic mass is 16.5. The van der Waals surface area contributed by atoms with Gasteiger partial charge in [0.05, 0.1) is 13.2 Å². The molecule has 0 unspecified atom stereocenters. The Kier molecular flexibility index (Phi) is 6.66. The predicted molar refractivity (Wildman–Crippen MR) is 101 cm³/mol. The van der Waals surface area contributed by atoms with E-state index in [4.69, 9.17) is 4.74 Å². The molecule has 1 saturated heterocycles. The molecule has 0 N–H and O–H groups in total. The summed E-state index contributed by atoms with van der Waals surface area (Å²) in [6.07, 6.45) is 5.95. The maximum atomic E-state index is 12.7. The van der Waals surface area contributed by atoms with E-state index in [1.54, 1.807) is 6.20 Å². The first-order valence-corrected chi connectivity index (χ1v) is 9.48. The molecule has 0 atom stereocenters. The molecule has 1 aliphatic rings. The minimum absolute atomic E-state index is 0.108. The van der Waals surface area contributed by atoms with Crippen molar-refractivity contribution < 1.29 is 9.53 Å². The molecule has 6 nitrogen and oxygen atoms in total. The van der Waals surface area contributed by atoms with Gasteiger partial charge in [-0.05, 0) is 36.8 Å². The van der Waals surface area contributed by atoms with Gasteiger partial charge in [-0.25, -0.2) is 0 Å². The summed E-state index contributed by atoms with van der Waals surface area (Å²) in [7, 11) is 0. The maximum Gasteiger partial charge on any atom is 0.253 e. The molecule has 3 rings (SSSR count). The van der Waals surface area contributed by atoms with Gasteiger partial charge in [0, 0.05) is 50.7 Å². The number of aromatic nitrogens is 2. The Morgan fingerprint density at radius 3 is 2.54 bits per heavy atom. The van der Waals surface area contributed by atoms with Crippen LogP contribution in [0.2, 0.25) is 0 Å². The quantitative estimate of drug-likeness (QED) is 0.682. The summed E-state index contributed by atoms with van der Waals surface area (Å²) in [4.78, 5) is 17.0. The van der Waals surface area contributed by atoms with Gasteiger partial charge < -0.3 is 9.64 Å². The number of piperazine rings is 1. The van der Waals surface area contributed by atoms with Crippen LogP contribution in [0.4, 0.5) is 0 Å². The first-order chi connectivity index (χ1) is 12.8. The van der Waals surface area contributed by atoms with Crippen LogP contribution in [-0.4, -0.2) is 64.8 Å². The number of carbonyl (C=O) groups excluding carboxylic acids is 1. The van der Waals surface area contributed by atoms with E-state index in [9.17, 15) is 4.79 Å². The molecule has 0 aliphatic carbocycles. The van der Waals surface area contributed by atoms with Gasteiger partial charge in [0.25, 0.3) is 5.91 Å². The number of amides is 1. The zero-order valence-electron chi connectivity index (χ0n) is 15.5. The van der Waals surface area contributed by atoms with E-state index in [0.717, 1.165) is 70.0 Å². The normalized spacial score (nSPS) is 15.2. The van der Waals surface area contributed by atoms with E-state index in [2.05, 4.69) is 16.9 Å². The molecule has 0 radical (unpaired) electrons. The molecule has 2 aromatic rings. The van der Waals surface area contributed by atoms with Gasteiger partial charge in [0.15, 0.2) is 0 Å². The molecule has 2 heterocycles. The Hall–Kier alpha value is -2.34. The number of carbonyl (C=O) groups is 1. The highest BCUT2D eigenvalue weighted by Gasteiger charge is 2.22. The van der Waals surface area contributed by atoms with Crippen LogP contribution in [-0.2, 0) is 6.54 Å². The SMILES string of the molecule is CCCCOc1ccc(C(=O)N2CCN(CCn3cccn3)CC2)cc1. The number of ether oxygens (including phenoxy) is 1. The number of unbranched alkanes of at least 4 members (excludes halogenated alkanes) is 1. The number of nitrogens with zero attached hydrogens (tertiary/aromatic N) is 4. The van der Waals surface area contributed by atoms with E-state index >= 15 is 0 Å². The van der Waals surface area contributed by atoms with Crippen molar-refractivity contribution in [2.24, 2.45) is 0 Å². The topological polar surface area (TPSA) is 50.6 Å². The van der Waals surface area contributed by atoms with Crippen LogP contribution in [0.3, 0.4) is 0 Å². The van der Waals surface area contributed by atoms with E-state index in [1.807, 2.05) is 46.1 Å². The van der Waals surface area contributed by atoms with Gasteiger partial charge in [-0.3, -0.25) is 14.4 Å². The Morgan fingerprint density at radius 2 is 1.88 bits per heavy atom. The van der Waals surface area contributed by atoms with Crippen molar-refractivity contribution in [2.45, 2.75) is 26.3 Å². The van der Waals surface area contributed by atoms with Gasteiger partial charge in [-0.2, -0.15) is 5.10 Å². The van der Waals surface area contributed by atoms with Crippen molar-refractivity contribution in [3.8, 4) is 5.75 Å². The van der Waals surface area contributed by atoms with Crippen LogP contribution < -0.4 is 4.74 Å². The van der Waals surface area contributed by atoms with Crippen molar-refractivity contribution in [3.63, 3.8) is 0 Å². The maximum absolute atomic E-state index is 12.7. The van der Waals surface area contributed by atoms with E-state index in [1.165, 1.54) is 0 Å². The van der Waals surface area contributed by atoms with Crippen LogP contribution in [0.1, 0.15) is 30.1 Å². The second-order valence-electron chi connectivity index (χ2n) is 6.63. The molecule has 26 heavy (non-hydrogen) atoms. The summed E-state index contributed by atoms with van der Waals surface area (Å²) < 4.78 is 7.61. The molecule has 0 spiro atoms. The second kappa shape index (κ2) is 9.38. The standard InChI is InChI=1S/C20H28N4O2/c1-2-3-17-26-19-7-5-18(6-8-19)20(25)23-14-11-22(12-15-23)13-16-24-10-4-9-21-24/h4-10H,2-3,11-17H2,1H3. The number of hydrogen-bond acceptors (Lipinski definition) is 4. The molecule has 6 heteroatoms. The lowest BCUT2D eigenvalue weighted by Crippen LogP contribution is -2.49. The molecule has 1 aromatic carbocycles. The first-order valence-electron chi connectivity index (χ1n) is 9.48. The third-order valence-electron chi connectivity index (χ3n) is 4.73. The fourth-order valence-corrected chi connectivity index (χ4v) is 3.06. The smallest absolute Gasteiger partial charge is 0.253 e. The van der Waals surface area contributed by atoms with Gasteiger partial charge in [0.1, 0.15) is 5.75 Å². The van der Waals surface area contributed by atoms with Crippen molar-refractivity contribution in [1.82, 2.24) is 19.6 Å². The molecule has 0 saturated carbocycles. The Labute approximate surface area is 155 Å². The van der Waals surface area contributed by atoms with Gasteiger partial charge in [-0.15, -0.1) is 0 Å². The number of rotatable bonds is 8. The third kappa shape index (κ3) is 5.08. The first kappa shape index (κ1) is 18.5. The summed E-state index contributed by atoms with van der Waals surface area (Å²) >= 11 is 0. The van der Waals surface area contributed by atoms with Crippen LogP contribution >= 0.6 is 0 Å². The molecule has 140 valence electrons. The largest absolute Gasteiger partial charge is 0.494 e. The highest BCUT2D eigenvalue weighted by molar-refractivity contribution is 5.94. The summed E-state index contributed by atoms with van der Waals surface area (Å²) in [5, 5.41) is 4.23. The Balaban J connectivity index is 1.44. The Bertz CT molecular complexity index is 662. The molecular formula is C20H28N4O2. The highest BCUT2D eigenvalue weighted by Crippen LogP contribution is 2.15. The summed E-state index contributed by atoms with van der Waals surface area (Å²) in [5.41, 5.74) is 0.734. The fraction of sp³-hybridized carbons (Fsp3) is 0.500. The monoisotopic (exact) mass is 356 g/mol. The van der Waals surface area contributed by atoms with Gasteiger partial charge in [-0.1, -0.05) is 13.3 Å². The molecule has 1 aliphatic heterocycles. The lowest BCUT2D eigenvalue weighted by Gasteiger charge is -2.34. The molecule has 0 bridgehead atoms. The van der Waals surface area contributed by atoms with Crippen LogP contribution in [0, 0.1) is 0 Å². The summed E-state index contributed by atoms with van der Waals surface area (Å²) in [6, 6.07) is 9.46. The predicted octanol–water partition coefficient (Wildman–Crippen LogP) is 2.52. The summed E-state index contributed by atoms with van der Waals surface area (Å²) in [5.74, 6) is 0.940. The zero-order chi connectivity index (χ0) is 18.2. The van der Waals surface area contributed by atoms with Gasteiger partial charge >= 0.3 is 0 Å². The molecule has 1 amide bonds. The second-order valence-corrected chi connectivity index (χ2v) is 6.63. The fourth-order valence-electron chi connectivity index (χ4n) is 3.06. The average molecular weight is 356 g/mol. The summed E-state index contributed by atoms with van der Waals surface area (Å²) in [6.45, 7) is 8.08. The van der Waals surface area contributed by atoms with Crippen molar-refractivity contribution >= 4 is 5.91 Å². The number of hydrogen-bond donors (Lipinski definition) is 0. The Morgan fingerprint density at radius 1 is 1.12 bits per heavy atom. The van der Waals surface area contributed by atoms with Crippen LogP contribution in [0.25, 0.3) is 0 Å². The van der Waals surface area contributed by atoms with Crippen molar-refractivity contribution in [2.75, 3.05) is 39.3 Å². The molecule has 1 aromatic heterocycles. The van der Waals surface area contributed by atoms with Gasteiger partial charge in [0.2, 0.25) is 0 Å². The third-order valence-corrected chi connectivity index (χ3v) is 4.73. The van der Waals surface area contributed by atoms with E-state index in [0.29, 0.717) is 0 Å². The van der Waals surface area contributed by atoms with Crippen LogP contribution in [0.5, 0.6) is 5.75 Å². The average Bonchev–Trinajstić information content (AvgIpc) is 3.21. The minimum atomic E-state index is 0.108. The lowest BCUT2D eigenvalue weighted by molar-refractivity contribution is 0.0632. The zero-order valence-corrected chi connectivity index (χ0v) is 15.5. The molecule has 1 fully saturated rings. The van der Waals surface area contributed by atoms with Crippen LogP contribution in [0.15, 0.2) is 42.7 Å². The van der Waals surface area contributed by atoms with Crippen molar-refractivity contribution in [1.29, 1.82) is 0 Å². The van der Waals surface area contributed by atoms with E-state index < -0.39 is 0 Å². The van der Waals surface area contributed by atoms with Crippen molar-refractivity contribution in [3.05, 3.63) is 48.3 Å². The lowest BCUT2D eigenvalue weighted by atomic mass is 10.1. The molecular weight excluding hydrogens is 328 g/mol. The minimum Gasteiger partial charge on any atom is -0.494 e. The number of benzene rings is 1.